The van der Waals surface area contributed by atoms with Gasteiger partial charge in [0, 0.05) is 5.02 Å². The lowest BCUT2D eigenvalue weighted by Gasteiger charge is -2.14. The predicted octanol–water partition coefficient (Wildman–Crippen LogP) is 5.53. The summed E-state index contributed by atoms with van der Waals surface area (Å²) in [6, 6.07) is 14.7. The monoisotopic (exact) mass is 389 g/mol. The van der Waals surface area contributed by atoms with Gasteiger partial charge in [0.1, 0.15) is 5.75 Å². The summed E-state index contributed by atoms with van der Waals surface area (Å²) in [4.78, 5) is 14.8. The van der Waals surface area contributed by atoms with E-state index in [2.05, 4.69) is 0 Å². The number of anilines is 1. The Morgan fingerprint density at radius 3 is 2.56 bits per heavy atom. The molecule has 0 aromatic heterocycles. The van der Waals surface area contributed by atoms with Gasteiger partial charge in [0.15, 0.2) is 4.32 Å². The zero-order valence-electron chi connectivity index (χ0n) is 13.7. The van der Waals surface area contributed by atoms with Crippen LogP contribution >= 0.6 is 35.6 Å². The summed E-state index contributed by atoms with van der Waals surface area (Å²) in [5.74, 6) is 0.665. The summed E-state index contributed by atoms with van der Waals surface area (Å²) < 4.78 is 6.13. The molecule has 1 saturated heterocycles. The highest BCUT2D eigenvalue weighted by Gasteiger charge is 2.33. The Morgan fingerprint density at radius 2 is 1.92 bits per heavy atom. The van der Waals surface area contributed by atoms with Gasteiger partial charge in [-0.1, -0.05) is 53.8 Å². The van der Waals surface area contributed by atoms with Gasteiger partial charge >= 0.3 is 0 Å². The van der Waals surface area contributed by atoms with Crippen molar-refractivity contribution in [2.75, 3.05) is 4.90 Å². The van der Waals surface area contributed by atoms with Gasteiger partial charge in [0.25, 0.3) is 5.91 Å². The number of hydrogen-bond donors (Lipinski definition) is 0. The molecule has 2 aromatic rings. The fourth-order valence-electron chi connectivity index (χ4n) is 2.37. The molecular weight excluding hydrogens is 374 g/mol. The van der Waals surface area contributed by atoms with Crippen molar-refractivity contribution in [3.05, 3.63) is 64.0 Å². The van der Waals surface area contributed by atoms with Crippen LogP contribution in [0.25, 0.3) is 6.08 Å². The summed E-state index contributed by atoms with van der Waals surface area (Å²) in [6.45, 7) is 3.96. The van der Waals surface area contributed by atoms with E-state index in [-0.39, 0.29) is 12.0 Å². The highest BCUT2D eigenvalue weighted by molar-refractivity contribution is 8.27. The van der Waals surface area contributed by atoms with Gasteiger partial charge in [-0.15, -0.1) is 0 Å². The summed E-state index contributed by atoms with van der Waals surface area (Å²) >= 11 is 12.7. The minimum Gasteiger partial charge on any atom is -0.491 e. The quantitative estimate of drug-likeness (QED) is 0.507. The van der Waals surface area contributed by atoms with Gasteiger partial charge in [-0.05, 0) is 55.8 Å². The van der Waals surface area contributed by atoms with E-state index in [4.69, 9.17) is 28.6 Å². The highest BCUT2D eigenvalue weighted by atomic mass is 35.5. The molecule has 1 fully saturated rings. The number of carbonyl (C=O) groups excluding carboxylic acids is 1. The number of thioether (sulfide) groups is 1. The molecule has 6 heteroatoms. The number of thiocarbonyl (C=S) groups is 1. The molecule has 2 aromatic carbocycles. The maximum absolute atomic E-state index is 12.7. The van der Waals surface area contributed by atoms with Crippen LogP contribution in [0.15, 0.2) is 53.4 Å². The zero-order valence-corrected chi connectivity index (χ0v) is 16.1. The summed E-state index contributed by atoms with van der Waals surface area (Å²) in [5, 5.41) is 0.566. The van der Waals surface area contributed by atoms with Crippen molar-refractivity contribution in [1.82, 2.24) is 0 Å². The van der Waals surface area contributed by atoms with Crippen molar-refractivity contribution in [2.24, 2.45) is 0 Å². The van der Waals surface area contributed by atoms with Crippen LogP contribution in [0.2, 0.25) is 5.02 Å². The average molecular weight is 390 g/mol. The number of carbonyl (C=O) groups is 1. The first-order chi connectivity index (χ1) is 11.9. The van der Waals surface area contributed by atoms with E-state index >= 15 is 0 Å². The molecule has 0 aliphatic carbocycles. The Kier molecular flexibility index (Phi) is 5.47. The molecule has 0 atom stereocenters. The van der Waals surface area contributed by atoms with E-state index < -0.39 is 0 Å². The Morgan fingerprint density at radius 1 is 1.20 bits per heavy atom. The molecular formula is C19H16ClNO2S2. The molecule has 1 aliphatic heterocycles. The van der Waals surface area contributed by atoms with E-state index in [0.717, 1.165) is 11.3 Å². The van der Waals surface area contributed by atoms with Crippen molar-refractivity contribution in [2.45, 2.75) is 20.0 Å². The lowest BCUT2D eigenvalue weighted by atomic mass is 10.2. The molecule has 0 bridgehead atoms. The van der Waals surface area contributed by atoms with Gasteiger partial charge in [-0.25, -0.2) is 0 Å². The van der Waals surface area contributed by atoms with Crippen LogP contribution in [0.1, 0.15) is 19.4 Å². The van der Waals surface area contributed by atoms with Crippen LogP contribution < -0.4 is 9.64 Å². The summed E-state index contributed by atoms with van der Waals surface area (Å²) in [6.07, 6.45) is 1.96. The van der Waals surface area contributed by atoms with Crippen molar-refractivity contribution < 1.29 is 9.53 Å². The van der Waals surface area contributed by atoms with Crippen LogP contribution in [-0.2, 0) is 4.79 Å². The number of nitrogens with zero attached hydrogens (tertiary/aromatic N) is 1. The first kappa shape index (κ1) is 18.0. The van der Waals surface area contributed by atoms with Gasteiger partial charge in [0.05, 0.1) is 16.7 Å². The fourth-order valence-corrected chi connectivity index (χ4v) is 3.86. The first-order valence-corrected chi connectivity index (χ1v) is 9.34. The topological polar surface area (TPSA) is 29.5 Å². The number of benzene rings is 2. The predicted molar refractivity (Wildman–Crippen MR) is 109 cm³/mol. The van der Waals surface area contributed by atoms with Crippen LogP contribution in [-0.4, -0.2) is 16.3 Å². The summed E-state index contributed by atoms with van der Waals surface area (Å²) in [7, 11) is 0. The number of ether oxygens (including phenoxy) is 1. The maximum Gasteiger partial charge on any atom is 0.270 e. The van der Waals surface area contributed by atoms with Crippen molar-refractivity contribution in [3.8, 4) is 5.75 Å². The highest BCUT2D eigenvalue weighted by Crippen LogP contribution is 2.36. The van der Waals surface area contributed by atoms with Crippen LogP contribution in [0, 0.1) is 0 Å². The summed E-state index contributed by atoms with van der Waals surface area (Å²) in [5.41, 5.74) is 1.60. The van der Waals surface area contributed by atoms with E-state index in [1.165, 1.54) is 16.7 Å². The SMILES string of the molecule is CC(C)Oc1ccc(/C=C2/SC(=S)N(c3cccc(Cl)c3)C2=O)cc1. The largest absolute Gasteiger partial charge is 0.491 e. The Labute approximate surface area is 161 Å². The van der Waals surface area contributed by atoms with Crippen LogP contribution in [0.4, 0.5) is 5.69 Å². The Balaban J connectivity index is 1.83. The number of halogens is 1. The minimum absolute atomic E-state index is 0.125. The van der Waals surface area contributed by atoms with Gasteiger partial charge in [-0.2, -0.15) is 0 Å². The van der Waals surface area contributed by atoms with Crippen LogP contribution in [0.3, 0.4) is 0 Å². The first-order valence-electron chi connectivity index (χ1n) is 7.74. The van der Waals surface area contributed by atoms with Crippen molar-refractivity contribution >= 4 is 57.6 Å². The molecule has 3 rings (SSSR count). The third-order valence-corrected chi connectivity index (χ3v) is 4.95. The minimum atomic E-state index is -0.139. The van der Waals surface area contributed by atoms with Gasteiger partial charge < -0.3 is 4.74 Å². The van der Waals surface area contributed by atoms with Crippen molar-refractivity contribution in [3.63, 3.8) is 0 Å². The fraction of sp³-hybridized carbons (Fsp3) is 0.158. The standard InChI is InChI=1S/C19H16ClNO2S2/c1-12(2)23-16-8-6-13(7-9-16)10-17-18(22)21(19(24)25-17)15-5-3-4-14(20)11-15/h3-12H,1-2H3/b17-10+. The van der Waals surface area contributed by atoms with Gasteiger partial charge in [0.2, 0.25) is 0 Å². The molecule has 1 heterocycles. The second-order valence-corrected chi connectivity index (χ2v) is 7.84. The molecule has 3 nitrogen and oxygen atoms in total. The lowest BCUT2D eigenvalue weighted by Crippen LogP contribution is -2.27. The zero-order chi connectivity index (χ0) is 18.0. The normalized spacial score (nSPS) is 16.2. The number of hydrogen-bond acceptors (Lipinski definition) is 4. The third-order valence-electron chi connectivity index (χ3n) is 3.41. The molecule has 128 valence electrons. The van der Waals surface area contributed by atoms with Crippen LogP contribution in [0.5, 0.6) is 5.75 Å². The molecule has 0 radical (unpaired) electrons. The Hall–Kier alpha value is -1.82. The lowest BCUT2D eigenvalue weighted by molar-refractivity contribution is -0.113. The molecule has 1 aliphatic rings. The smallest absolute Gasteiger partial charge is 0.270 e. The number of rotatable bonds is 4. The molecule has 0 unspecified atom stereocenters. The molecule has 1 amide bonds. The molecule has 0 N–H and O–H groups in total. The van der Waals surface area contributed by atoms with E-state index in [0.29, 0.717) is 19.9 Å². The Bertz CT molecular complexity index is 847. The van der Waals surface area contributed by atoms with E-state index in [1.807, 2.05) is 50.3 Å². The molecule has 0 saturated carbocycles. The average Bonchev–Trinajstić information content (AvgIpc) is 2.83. The third kappa shape index (κ3) is 4.24. The molecule has 0 spiro atoms. The number of amides is 1. The second-order valence-electron chi connectivity index (χ2n) is 5.73. The molecule has 25 heavy (non-hydrogen) atoms. The van der Waals surface area contributed by atoms with Gasteiger partial charge in [-0.3, -0.25) is 9.69 Å². The van der Waals surface area contributed by atoms with Crippen molar-refractivity contribution in [1.29, 1.82) is 0 Å². The van der Waals surface area contributed by atoms with E-state index in [1.54, 1.807) is 18.2 Å². The second kappa shape index (κ2) is 7.60. The van der Waals surface area contributed by atoms with E-state index in [9.17, 15) is 4.79 Å². The maximum atomic E-state index is 12.7.